The Hall–Kier alpha value is -0.170. The summed E-state index contributed by atoms with van der Waals surface area (Å²) in [4.78, 5) is 0. The Kier molecular flexibility index (Phi) is 4.64. The average molecular weight is 275 g/mol. The predicted octanol–water partition coefficient (Wildman–Crippen LogP) is 0.836. The Bertz CT molecular complexity index is 368. The lowest BCUT2D eigenvalue weighted by Gasteiger charge is -2.38. The third-order valence-electron chi connectivity index (χ3n) is 3.80. The van der Waals surface area contributed by atoms with E-state index in [-0.39, 0.29) is 18.1 Å². The minimum atomic E-state index is -3.29. The monoisotopic (exact) mass is 275 g/mol. The molecule has 0 spiro atoms. The van der Waals surface area contributed by atoms with E-state index in [1.807, 2.05) is 0 Å². The summed E-state index contributed by atoms with van der Waals surface area (Å²) >= 11 is 0. The van der Waals surface area contributed by atoms with E-state index < -0.39 is 10.2 Å². The quantitative estimate of drug-likeness (QED) is 0.755. The van der Waals surface area contributed by atoms with Gasteiger partial charge in [-0.15, -0.1) is 0 Å². The summed E-state index contributed by atoms with van der Waals surface area (Å²) in [5, 5.41) is 3.35. The molecule has 18 heavy (non-hydrogen) atoms. The summed E-state index contributed by atoms with van der Waals surface area (Å²) in [6.45, 7) is 5.67. The summed E-state index contributed by atoms with van der Waals surface area (Å²) < 4.78 is 29.2. The van der Waals surface area contributed by atoms with Crippen molar-refractivity contribution < 1.29 is 8.42 Å². The fraction of sp³-hybridized carbons (Fsp3) is 1.00. The van der Waals surface area contributed by atoms with Crippen molar-refractivity contribution in [3.63, 3.8) is 0 Å². The van der Waals surface area contributed by atoms with Crippen LogP contribution in [0.4, 0.5) is 0 Å². The SMILES string of the molecule is CCNC(C)C1CCCCN1S(=O)(=O)NC1CC1. The summed E-state index contributed by atoms with van der Waals surface area (Å²) in [6, 6.07) is 0.494. The Morgan fingerprint density at radius 2 is 2.00 bits per heavy atom. The van der Waals surface area contributed by atoms with Gasteiger partial charge in [0.05, 0.1) is 0 Å². The lowest BCUT2D eigenvalue weighted by molar-refractivity contribution is 0.207. The summed E-state index contributed by atoms with van der Waals surface area (Å²) in [5.74, 6) is 0. The molecule has 1 saturated heterocycles. The van der Waals surface area contributed by atoms with Gasteiger partial charge in [-0.2, -0.15) is 17.4 Å². The number of rotatable bonds is 6. The highest BCUT2D eigenvalue weighted by Crippen LogP contribution is 2.25. The lowest BCUT2D eigenvalue weighted by Crippen LogP contribution is -2.56. The van der Waals surface area contributed by atoms with Crippen molar-refractivity contribution in [1.82, 2.24) is 14.3 Å². The molecule has 0 amide bonds. The fourth-order valence-corrected chi connectivity index (χ4v) is 4.47. The largest absolute Gasteiger partial charge is 0.313 e. The van der Waals surface area contributed by atoms with Crippen LogP contribution in [0.2, 0.25) is 0 Å². The maximum absolute atomic E-state index is 12.3. The Morgan fingerprint density at radius 3 is 2.61 bits per heavy atom. The van der Waals surface area contributed by atoms with Crippen LogP contribution in [-0.2, 0) is 10.2 Å². The van der Waals surface area contributed by atoms with Gasteiger partial charge < -0.3 is 5.32 Å². The molecule has 6 heteroatoms. The molecule has 0 aromatic rings. The first-order valence-corrected chi connectivity index (χ1v) is 8.51. The zero-order valence-corrected chi connectivity index (χ0v) is 12.2. The fourth-order valence-electron chi connectivity index (χ4n) is 2.67. The second kappa shape index (κ2) is 5.86. The van der Waals surface area contributed by atoms with Gasteiger partial charge >= 0.3 is 0 Å². The average Bonchev–Trinajstić information content (AvgIpc) is 3.12. The number of piperidine rings is 1. The molecule has 1 heterocycles. The van der Waals surface area contributed by atoms with Crippen LogP contribution < -0.4 is 10.0 Å². The van der Waals surface area contributed by atoms with E-state index in [0.717, 1.165) is 38.6 Å². The minimum Gasteiger partial charge on any atom is -0.313 e. The van der Waals surface area contributed by atoms with E-state index >= 15 is 0 Å². The summed E-state index contributed by atoms with van der Waals surface area (Å²) in [6.07, 6.45) is 5.03. The molecule has 0 bridgehead atoms. The van der Waals surface area contributed by atoms with Gasteiger partial charge in [0.1, 0.15) is 0 Å². The molecule has 2 unspecified atom stereocenters. The highest BCUT2D eigenvalue weighted by molar-refractivity contribution is 7.87. The van der Waals surface area contributed by atoms with Crippen molar-refractivity contribution in [2.75, 3.05) is 13.1 Å². The smallest absolute Gasteiger partial charge is 0.280 e. The van der Waals surface area contributed by atoms with Crippen LogP contribution in [0.25, 0.3) is 0 Å². The first-order valence-electron chi connectivity index (χ1n) is 7.07. The first kappa shape index (κ1) is 14.2. The maximum atomic E-state index is 12.3. The van der Waals surface area contributed by atoms with Gasteiger partial charge in [0.25, 0.3) is 10.2 Å². The third kappa shape index (κ3) is 3.44. The number of likely N-dealkylation sites (N-methyl/N-ethyl adjacent to an activating group) is 1. The number of hydrogen-bond donors (Lipinski definition) is 2. The molecule has 2 fully saturated rings. The van der Waals surface area contributed by atoms with Gasteiger partial charge in [-0.1, -0.05) is 13.3 Å². The lowest BCUT2D eigenvalue weighted by atomic mass is 9.99. The van der Waals surface area contributed by atoms with Gasteiger partial charge in [0.2, 0.25) is 0 Å². The Labute approximate surface area is 110 Å². The van der Waals surface area contributed by atoms with Crippen LogP contribution in [0.15, 0.2) is 0 Å². The van der Waals surface area contributed by atoms with Crippen LogP contribution in [-0.4, -0.2) is 43.9 Å². The van der Waals surface area contributed by atoms with Crippen LogP contribution in [0, 0.1) is 0 Å². The molecular formula is C12H25N3O2S. The number of nitrogens with zero attached hydrogens (tertiary/aromatic N) is 1. The molecule has 2 rings (SSSR count). The number of hydrogen-bond acceptors (Lipinski definition) is 3. The van der Waals surface area contributed by atoms with Gasteiger partial charge in [-0.3, -0.25) is 0 Å². The third-order valence-corrected chi connectivity index (χ3v) is 5.51. The van der Waals surface area contributed by atoms with Crippen molar-refractivity contribution in [2.45, 2.75) is 64.1 Å². The van der Waals surface area contributed by atoms with Crippen molar-refractivity contribution >= 4 is 10.2 Å². The standard InChI is InChI=1S/C12H25N3O2S/c1-3-13-10(2)12-6-4-5-9-15(12)18(16,17)14-11-7-8-11/h10-14H,3-9H2,1-2H3. The van der Waals surface area contributed by atoms with Crippen molar-refractivity contribution in [3.05, 3.63) is 0 Å². The molecule has 0 radical (unpaired) electrons. The molecular weight excluding hydrogens is 250 g/mol. The van der Waals surface area contributed by atoms with E-state index in [4.69, 9.17) is 0 Å². The molecule has 2 N–H and O–H groups in total. The van der Waals surface area contributed by atoms with E-state index in [1.165, 1.54) is 0 Å². The molecule has 5 nitrogen and oxygen atoms in total. The molecule has 0 aromatic heterocycles. The molecule has 1 aliphatic carbocycles. The Morgan fingerprint density at radius 1 is 1.28 bits per heavy atom. The zero-order valence-electron chi connectivity index (χ0n) is 11.4. The molecule has 1 aliphatic heterocycles. The van der Waals surface area contributed by atoms with Gasteiger partial charge in [0, 0.05) is 24.7 Å². The molecule has 0 aromatic carbocycles. The van der Waals surface area contributed by atoms with Crippen LogP contribution in [0.5, 0.6) is 0 Å². The zero-order chi connectivity index (χ0) is 13.2. The second-order valence-corrected chi connectivity index (χ2v) is 7.07. The Balaban J connectivity index is 2.06. The van der Waals surface area contributed by atoms with Crippen molar-refractivity contribution in [1.29, 1.82) is 0 Å². The van der Waals surface area contributed by atoms with Gasteiger partial charge in [-0.25, -0.2) is 0 Å². The minimum absolute atomic E-state index is 0.0925. The highest BCUT2D eigenvalue weighted by Gasteiger charge is 2.38. The maximum Gasteiger partial charge on any atom is 0.280 e. The van der Waals surface area contributed by atoms with Crippen molar-refractivity contribution in [3.8, 4) is 0 Å². The highest BCUT2D eigenvalue weighted by atomic mass is 32.2. The summed E-state index contributed by atoms with van der Waals surface area (Å²) in [7, 11) is -3.29. The van der Waals surface area contributed by atoms with Crippen molar-refractivity contribution in [2.24, 2.45) is 0 Å². The molecule has 2 atom stereocenters. The van der Waals surface area contributed by atoms with E-state index in [1.54, 1.807) is 4.31 Å². The van der Waals surface area contributed by atoms with E-state index in [0.29, 0.717) is 6.54 Å². The molecule has 2 aliphatic rings. The second-order valence-electron chi connectivity index (χ2n) is 5.42. The first-order chi connectivity index (χ1) is 8.54. The van der Waals surface area contributed by atoms with Crippen LogP contribution in [0.1, 0.15) is 46.0 Å². The van der Waals surface area contributed by atoms with Crippen LogP contribution in [0.3, 0.4) is 0 Å². The molecule has 106 valence electrons. The van der Waals surface area contributed by atoms with E-state index in [2.05, 4.69) is 23.9 Å². The van der Waals surface area contributed by atoms with Crippen LogP contribution >= 0.6 is 0 Å². The predicted molar refractivity (Wildman–Crippen MR) is 72.6 cm³/mol. The number of nitrogens with one attached hydrogen (secondary N) is 2. The van der Waals surface area contributed by atoms with Gasteiger partial charge in [-0.05, 0) is 39.2 Å². The normalized spacial score (nSPS) is 28.2. The van der Waals surface area contributed by atoms with Gasteiger partial charge in [0.15, 0.2) is 0 Å². The summed E-state index contributed by atoms with van der Waals surface area (Å²) in [5.41, 5.74) is 0. The van der Waals surface area contributed by atoms with E-state index in [9.17, 15) is 8.42 Å². The molecule has 1 saturated carbocycles. The topological polar surface area (TPSA) is 61.4 Å².